The lowest BCUT2D eigenvalue weighted by Gasteiger charge is -2.10. The van der Waals surface area contributed by atoms with E-state index in [0.29, 0.717) is 16.3 Å². The van der Waals surface area contributed by atoms with Crippen molar-refractivity contribution in [2.75, 3.05) is 5.32 Å². The van der Waals surface area contributed by atoms with E-state index in [1.807, 2.05) is 42.5 Å². The number of fused-ring (bicyclic) bond motifs is 1. The molecule has 4 aromatic carbocycles. The molecular formula is C23H17NO4S. The first-order chi connectivity index (χ1) is 13.9. The summed E-state index contributed by atoms with van der Waals surface area (Å²) in [6.07, 6.45) is 0. The van der Waals surface area contributed by atoms with Crippen LogP contribution in [0.4, 0.5) is 5.69 Å². The molecule has 4 rings (SSSR count). The summed E-state index contributed by atoms with van der Waals surface area (Å²) in [4.78, 5) is 12.4. The Hall–Kier alpha value is -3.48. The van der Waals surface area contributed by atoms with Crippen molar-refractivity contribution in [1.29, 1.82) is 0 Å². The maximum atomic E-state index is 12.6. The van der Waals surface area contributed by atoms with Gasteiger partial charge in [0.25, 0.3) is 16.0 Å². The van der Waals surface area contributed by atoms with Crippen molar-refractivity contribution >= 4 is 32.5 Å². The lowest BCUT2D eigenvalue weighted by molar-refractivity contribution is 0.102. The van der Waals surface area contributed by atoms with Gasteiger partial charge in [-0.25, -0.2) is 0 Å². The topological polar surface area (TPSA) is 83.5 Å². The summed E-state index contributed by atoms with van der Waals surface area (Å²) in [5.41, 5.74) is 2.76. The van der Waals surface area contributed by atoms with E-state index >= 15 is 0 Å². The number of amides is 1. The van der Waals surface area contributed by atoms with E-state index in [-0.39, 0.29) is 16.5 Å². The maximum absolute atomic E-state index is 12.6. The van der Waals surface area contributed by atoms with E-state index in [0.717, 1.165) is 11.1 Å². The molecule has 6 heteroatoms. The van der Waals surface area contributed by atoms with Gasteiger partial charge in [0.15, 0.2) is 0 Å². The molecule has 4 aromatic rings. The van der Waals surface area contributed by atoms with Crippen LogP contribution in [0.15, 0.2) is 95.9 Å². The highest BCUT2D eigenvalue weighted by Gasteiger charge is 2.16. The first-order valence-corrected chi connectivity index (χ1v) is 10.3. The highest BCUT2D eigenvalue weighted by atomic mass is 32.2. The van der Waals surface area contributed by atoms with Crippen molar-refractivity contribution in [3.63, 3.8) is 0 Å². The third kappa shape index (κ3) is 4.03. The summed E-state index contributed by atoms with van der Waals surface area (Å²) in [5, 5.41) is 3.69. The first kappa shape index (κ1) is 18.9. The van der Waals surface area contributed by atoms with Crippen molar-refractivity contribution in [2.45, 2.75) is 4.90 Å². The second-order valence-electron chi connectivity index (χ2n) is 6.57. The molecule has 0 unspecified atom stereocenters. The van der Waals surface area contributed by atoms with Crippen LogP contribution >= 0.6 is 0 Å². The Morgan fingerprint density at radius 2 is 1.38 bits per heavy atom. The third-order valence-electron chi connectivity index (χ3n) is 4.61. The molecule has 0 heterocycles. The van der Waals surface area contributed by atoms with Gasteiger partial charge in [0, 0.05) is 16.6 Å². The summed E-state index contributed by atoms with van der Waals surface area (Å²) in [6.45, 7) is 0. The molecule has 0 fully saturated rings. The molecule has 0 atom stereocenters. The molecule has 0 aromatic heterocycles. The summed E-state index contributed by atoms with van der Waals surface area (Å²) in [5.74, 6) is -0.374. The van der Waals surface area contributed by atoms with Crippen LogP contribution in [0.2, 0.25) is 0 Å². The first-order valence-electron chi connectivity index (χ1n) is 8.89. The van der Waals surface area contributed by atoms with Gasteiger partial charge < -0.3 is 5.32 Å². The Morgan fingerprint density at radius 3 is 2.07 bits per heavy atom. The monoisotopic (exact) mass is 403 g/mol. The van der Waals surface area contributed by atoms with Crippen molar-refractivity contribution in [3.8, 4) is 11.1 Å². The van der Waals surface area contributed by atoms with Gasteiger partial charge in [-0.05, 0) is 40.8 Å². The standard InChI is InChI=1S/C23H17NO4S/c25-23(18-12-10-17(11-13-18)16-6-2-1-3-7-16)24-20-14-19-8-4-5-9-21(19)22(15-20)29(26,27)28/h1-15H,(H,24,25)(H,26,27,28). The Balaban J connectivity index is 1.64. The van der Waals surface area contributed by atoms with Crippen molar-refractivity contribution in [2.24, 2.45) is 0 Å². The fraction of sp³-hybridized carbons (Fsp3) is 0. The zero-order valence-corrected chi connectivity index (χ0v) is 16.1. The molecule has 0 saturated heterocycles. The molecule has 0 aliphatic rings. The number of nitrogens with one attached hydrogen (secondary N) is 1. The van der Waals surface area contributed by atoms with E-state index < -0.39 is 10.1 Å². The SMILES string of the molecule is O=C(Nc1cc(S(=O)(=O)O)c2ccccc2c1)c1ccc(-c2ccccc2)cc1. The molecule has 1 amide bonds. The maximum Gasteiger partial charge on any atom is 0.295 e. The van der Waals surface area contributed by atoms with E-state index in [1.54, 1.807) is 42.5 Å². The van der Waals surface area contributed by atoms with Crippen LogP contribution in [0.1, 0.15) is 10.4 Å². The smallest absolute Gasteiger partial charge is 0.295 e. The summed E-state index contributed by atoms with van der Waals surface area (Å²) in [6, 6.07) is 26.6. The van der Waals surface area contributed by atoms with Gasteiger partial charge in [0.1, 0.15) is 4.90 Å². The van der Waals surface area contributed by atoms with Crippen LogP contribution in [0.25, 0.3) is 21.9 Å². The molecule has 0 radical (unpaired) electrons. The van der Waals surface area contributed by atoms with E-state index in [2.05, 4.69) is 5.32 Å². The summed E-state index contributed by atoms with van der Waals surface area (Å²) < 4.78 is 33.1. The Labute approximate surface area is 168 Å². The van der Waals surface area contributed by atoms with Gasteiger partial charge in [0.05, 0.1) is 0 Å². The lowest BCUT2D eigenvalue weighted by Crippen LogP contribution is -2.12. The fourth-order valence-corrected chi connectivity index (χ4v) is 3.95. The van der Waals surface area contributed by atoms with Gasteiger partial charge in [-0.1, -0.05) is 66.7 Å². The van der Waals surface area contributed by atoms with Gasteiger partial charge in [-0.15, -0.1) is 0 Å². The molecule has 29 heavy (non-hydrogen) atoms. The van der Waals surface area contributed by atoms with Crippen LogP contribution in [-0.4, -0.2) is 18.9 Å². The zero-order valence-electron chi connectivity index (χ0n) is 15.2. The number of rotatable bonds is 4. The normalized spacial score (nSPS) is 11.3. The quantitative estimate of drug-likeness (QED) is 0.470. The lowest BCUT2D eigenvalue weighted by atomic mass is 10.0. The van der Waals surface area contributed by atoms with Crippen LogP contribution < -0.4 is 5.32 Å². The molecule has 0 spiro atoms. The highest BCUT2D eigenvalue weighted by Crippen LogP contribution is 2.28. The van der Waals surface area contributed by atoms with Crippen LogP contribution in [-0.2, 0) is 10.1 Å². The minimum absolute atomic E-state index is 0.245. The molecule has 0 aliphatic heterocycles. The molecular weight excluding hydrogens is 386 g/mol. The second-order valence-corrected chi connectivity index (χ2v) is 7.96. The molecule has 5 nitrogen and oxygen atoms in total. The molecule has 2 N–H and O–H groups in total. The van der Waals surface area contributed by atoms with Crippen molar-refractivity contribution in [3.05, 3.63) is 96.6 Å². The summed E-state index contributed by atoms with van der Waals surface area (Å²) in [7, 11) is -4.44. The van der Waals surface area contributed by atoms with Gasteiger partial charge in [-0.2, -0.15) is 8.42 Å². The predicted octanol–water partition coefficient (Wildman–Crippen LogP) is 5.01. The number of carbonyl (C=O) groups is 1. The molecule has 0 bridgehead atoms. The van der Waals surface area contributed by atoms with E-state index in [1.165, 1.54) is 6.07 Å². The van der Waals surface area contributed by atoms with Crippen LogP contribution in [0.5, 0.6) is 0 Å². The van der Waals surface area contributed by atoms with E-state index in [4.69, 9.17) is 0 Å². The summed E-state index contributed by atoms with van der Waals surface area (Å²) >= 11 is 0. The average molecular weight is 403 g/mol. The van der Waals surface area contributed by atoms with Gasteiger partial charge >= 0.3 is 0 Å². The van der Waals surface area contributed by atoms with E-state index in [9.17, 15) is 17.8 Å². The Morgan fingerprint density at radius 1 is 0.759 bits per heavy atom. The van der Waals surface area contributed by atoms with Crippen molar-refractivity contribution < 1.29 is 17.8 Å². The third-order valence-corrected chi connectivity index (χ3v) is 5.51. The highest BCUT2D eigenvalue weighted by molar-refractivity contribution is 7.86. The number of hydrogen-bond donors (Lipinski definition) is 2. The van der Waals surface area contributed by atoms with Crippen LogP contribution in [0.3, 0.4) is 0 Å². The number of benzene rings is 4. The number of hydrogen-bond acceptors (Lipinski definition) is 3. The van der Waals surface area contributed by atoms with Gasteiger partial charge in [-0.3, -0.25) is 9.35 Å². The van der Waals surface area contributed by atoms with Crippen LogP contribution in [0, 0.1) is 0 Å². The Kier molecular flexibility index (Phi) is 4.88. The van der Waals surface area contributed by atoms with Crippen molar-refractivity contribution in [1.82, 2.24) is 0 Å². The largest absolute Gasteiger partial charge is 0.322 e. The average Bonchev–Trinajstić information content (AvgIpc) is 2.73. The fourth-order valence-electron chi connectivity index (χ4n) is 3.21. The van der Waals surface area contributed by atoms with Gasteiger partial charge in [0.2, 0.25) is 0 Å². The molecule has 0 aliphatic carbocycles. The zero-order chi connectivity index (χ0) is 20.4. The number of anilines is 1. The minimum Gasteiger partial charge on any atom is -0.322 e. The second kappa shape index (κ2) is 7.50. The molecule has 144 valence electrons. The Bertz CT molecular complexity index is 1300. The predicted molar refractivity (Wildman–Crippen MR) is 114 cm³/mol. The molecule has 0 saturated carbocycles. The minimum atomic E-state index is -4.44. The number of carbonyl (C=O) groups excluding carboxylic acids is 1.